The van der Waals surface area contributed by atoms with Crippen LogP contribution in [0.2, 0.25) is 0 Å². The minimum atomic E-state index is -0.848. The van der Waals surface area contributed by atoms with Gasteiger partial charge in [0.1, 0.15) is 5.82 Å². The van der Waals surface area contributed by atoms with Crippen molar-refractivity contribution in [2.75, 3.05) is 0 Å². The maximum absolute atomic E-state index is 13.0. The molecule has 19 heavy (non-hydrogen) atoms. The number of aliphatic carboxylic acids is 1. The third kappa shape index (κ3) is 6.91. The first-order valence-corrected chi connectivity index (χ1v) is 6.69. The quantitative estimate of drug-likeness (QED) is 0.761. The number of carbonyl (C=O) groups is 1. The Morgan fingerprint density at radius 2 is 2.21 bits per heavy atom. The average Bonchev–Trinajstić information content (AvgIpc) is 2.27. The Labute approximate surface area is 113 Å². The zero-order valence-electron chi connectivity index (χ0n) is 11.3. The summed E-state index contributed by atoms with van der Waals surface area (Å²) in [5.41, 5.74) is 6.75. The molecule has 1 aromatic rings. The molecular formula is C15H22FNO2. The molecule has 0 bridgehead atoms. The second-order valence-electron chi connectivity index (χ2n) is 5.22. The highest BCUT2D eigenvalue weighted by Gasteiger charge is 2.12. The van der Waals surface area contributed by atoms with Gasteiger partial charge in [-0.05, 0) is 42.9 Å². The summed E-state index contributed by atoms with van der Waals surface area (Å²) in [5, 5.41) is 8.63. The number of benzene rings is 1. The monoisotopic (exact) mass is 267 g/mol. The summed E-state index contributed by atoms with van der Waals surface area (Å²) in [6.07, 6.45) is 3.52. The highest BCUT2D eigenvalue weighted by atomic mass is 19.1. The number of carboxylic acids is 1. The number of carboxylic acid groups (broad SMARTS) is 1. The first-order chi connectivity index (χ1) is 8.97. The van der Waals surface area contributed by atoms with Gasteiger partial charge in [0.25, 0.3) is 0 Å². The van der Waals surface area contributed by atoms with Gasteiger partial charge < -0.3 is 10.8 Å². The standard InChI is InChI=1S/C15H22FNO2/c1-11(8-14(17)10-15(18)19)4-2-5-12-6-3-7-13(16)9-12/h3,6-7,9,11,14H,2,4-5,8,10,17H2,1H3,(H,18,19). The van der Waals surface area contributed by atoms with Crippen molar-refractivity contribution in [1.29, 1.82) is 0 Å². The Morgan fingerprint density at radius 3 is 2.84 bits per heavy atom. The summed E-state index contributed by atoms with van der Waals surface area (Å²) in [4.78, 5) is 10.5. The van der Waals surface area contributed by atoms with E-state index < -0.39 is 5.97 Å². The van der Waals surface area contributed by atoms with Crippen molar-refractivity contribution in [2.45, 2.75) is 45.1 Å². The lowest BCUT2D eigenvalue weighted by Crippen LogP contribution is -2.26. The van der Waals surface area contributed by atoms with Gasteiger partial charge in [0, 0.05) is 6.04 Å². The van der Waals surface area contributed by atoms with Crippen molar-refractivity contribution < 1.29 is 14.3 Å². The summed E-state index contributed by atoms with van der Waals surface area (Å²) in [6.45, 7) is 2.08. The number of rotatable bonds is 8. The molecule has 2 unspecified atom stereocenters. The van der Waals surface area contributed by atoms with E-state index in [2.05, 4.69) is 6.92 Å². The molecule has 106 valence electrons. The van der Waals surface area contributed by atoms with Crippen LogP contribution < -0.4 is 5.73 Å². The fraction of sp³-hybridized carbons (Fsp3) is 0.533. The van der Waals surface area contributed by atoms with Gasteiger partial charge in [-0.2, -0.15) is 0 Å². The number of halogens is 1. The van der Waals surface area contributed by atoms with Crippen LogP contribution in [0.25, 0.3) is 0 Å². The molecule has 2 atom stereocenters. The summed E-state index contributed by atoms with van der Waals surface area (Å²) in [7, 11) is 0. The molecule has 0 saturated carbocycles. The van der Waals surface area contributed by atoms with E-state index in [0.29, 0.717) is 5.92 Å². The van der Waals surface area contributed by atoms with Gasteiger partial charge >= 0.3 is 5.97 Å². The van der Waals surface area contributed by atoms with Crippen LogP contribution in [-0.4, -0.2) is 17.1 Å². The molecule has 1 aromatic carbocycles. The topological polar surface area (TPSA) is 63.3 Å². The van der Waals surface area contributed by atoms with E-state index in [-0.39, 0.29) is 18.3 Å². The van der Waals surface area contributed by atoms with Crippen molar-refractivity contribution in [3.63, 3.8) is 0 Å². The van der Waals surface area contributed by atoms with Gasteiger partial charge in [-0.1, -0.05) is 25.5 Å². The average molecular weight is 267 g/mol. The minimum Gasteiger partial charge on any atom is -0.481 e. The molecule has 0 saturated heterocycles. The maximum atomic E-state index is 13.0. The lowest BCUT2D eigenvalue weighted by atomic mass is 9.94. The van der Waals surface area contributed by atoms with E-state index in [0.717, 1.165) is 31.2 Å². The van der Waals surface area contributed by atoms with Crippen molar-refractivity contribution in [3.8, 4) is 0 Å². The second-order valence-corrected chi connectivity index (χ2v) is 5.22. The van der Waals surface area contributed by atoms with Crippen LogP contribution in [0.5, 0.6) is 0 Å². The number of nitrogens with two attached hydrogens (primary N) is 1. The molecule has 0 amide bonds. The Hall–Kier alpha value is -1.42. The second kappa shape index (κ2) is 7.89. The van der Waals surface area contributed by atoms with Crippen molar-refractivity contribution in [2.24, 2.45) is 11.7 Å². The number of hydrogen-bond acceptors (Lipinski definition) is 2. The van der Waals surface area contributed by atoms with Crippen molar-refractivity contribution >= 4 is 5.97 Å². The summed E-state index contributed by atoms with van der Waals surface area (Å²) in [5.74, 6) is -0.656. The van der Waals surface area contributed by atoms with Crippen molar-refractivity contribution in [3.05, 3.63) is 35.6 Å². The van der Waals surface area contributed by atoms with Crippen molar-refractivity contribution in [1.82, 2.24) is 0 Å². The van der Waals surface area contributed by atoms with Gasteiger partial charge in [0.15, 0.2) is 0 Å². The van der Waals surface area contributed by atoms with Crippen LogP contribution >= 0.6 is 0 Å². The van der Waals surface area contributed by atoms with E-state index in [1.165, 1.54) is 6.07 Å². The lowest BCUT2D eigenvalue weighted by Gasteiger charge is -2.15. The predicted octanol–water partition coefficient (Wildman–Crippen LogP) is 2.98. The van der Waals surface area contributed by atoms with Crippen LogP contribution in [-0.2, 0) is 11.2 Å². The molecule has 0 aliphatic rings. The SMILES string of the molecule is CC(CCCc1cccc(F)c1)CC(N)CC(=O)O. The Morgan fingerprint density at radius 1 is 1.47 bits per heavy atom. The van der Waals surface area contributed by atoms with Gasteiger partial charge in [-0.3, -0.25) is 4.79 Å². The number of aryl methyl sites for hydroxylation is 1. The number of hydrogen-bond donors (Lipinski definition) is 2. The van der Waals surface area contributed by atoms with E-state index in [1.807, 2.05) is 6.07 Å². The third-order valence-corrected chi connectivity index (χ3v) is 3.19. The molecule has 0 radical (unpaired) electrons. The fourth-order valence-electron chi connectivity index (χ4n) is 2.29. The zero-order chi connectivity index (χ0) is 14.3. The van der Waals surface area contributed by atoms with Crippen LogP contribution in [0, 0.1) is 11.7 Å². The first kappa shape index (κ1) is 15.6. The lowest BCUT2D eigenvalue weighted by molar-refractivity contribution is -0.137. The third-order valence-electron chi connectivity index (χ3n) is 3.19. The maximum Gasteiger partial charge on any atom is 0.304 e. The van der Waals surface area contributed by atoms with Crippen LogP contribution in [0.3, 0.4) is 0 Å². The predicted molar refractivity (Wildman–Crippen MR) is 73.3 cm³/mol. The fourth-order valence-corrected chi connectivity index (χ4v) is 2.29. The highest BCUT2D eigenvalue weighted by Crippen LogP contribution is 2.16. The van der Waals surface area contributed by atoms with E-state index >= 15 is 0 Å². The smallest absolute Gasteiger partial charge is 0.304 e. The molecule has 0 heterocycles. The molecule has 0 spiro atoms. The molecule has 0 fully saturated rings. The summed E-state index contributed by atoms with van der Waals surface area (Å²) >= 11 is 0. The van der Waals surface area contributed by atoms with Crippen LogP contribution in [0.1, 0.15) is 38.2 Å². The molecule has 0 aliphatic heterocycles. The normalized spacial score (nSPS) is 14.1. The molecule has 4 heteroatoms. The van der Waals surface area contributed by atoms with Crippen LogP contribution in [0.15, 0.2) is 24.3 Å². The molecular weight excluding hydrogens is 245 g/mol. The zero-order valence-corrected chi connectivity index (χ0v) is 11.3. The molecule has 1 rings (SSSR count). The minimum absolute atomic E-state index is 0.0221. The highest BCUT2D eigenvalue weighted by molar-refractivity contribution is 5.67. The van der Waals surface area contributed by atoms with Gasteiger partial charge in [0.2, 0.25) is 0 Å². The molecule has 0 aliphatic carbocycles. The summed E-state index contributed by atoms with van der Waals surface area (Å²) in [6, 6.07) is 6.36. The van der Waals surface area contributed by atoms with E-state index in [1.54, 1.807) is 12.1 Å². The molecule has 3 N–H and O–H groups in total. The molecule has 0 aromatic heterocycles. The Kier molecular flexibility index (Phi) is 6.50. The van der Waals surface area contributed by atoms with E-state index in [9.17, 15) is 9.18 Å². The van der Waals surface area contributed by atoms with E-state index in [4.69, 9.17) is 10.8 Å². The Bertz CT molecular complexity index is 409. The van der Waals surface area contributed by atoms with Gasteiger partial charge in [0.05, 0.1) is 6.42 Å². The van der Waals surface area contributed by atoms with Gasteiger partial charge in [-0.15, -0.1) is 0 Å². The first-order valence-electron chi connectivity index (χ1n) is 6.69. The molecule has 3 nitrogen and oxygen atoms in total. The summed E-state index contributed by atoms with van der Waals surface area (Å²) < 4.78 is 13.0. The Balaban J connectivity index is 2.23. The van der Waals surface area contributed by atoms with Crippen LogP contribution in [0.4, 0.5) is 4.39 Å². The largest absolute Gasteiger partial charge is 0.481 e. The van der Waals surface area contributed by atoms with Gasteiger partial charge in [-0.25, -0.2) is 4.39 Å².